The lowest BCUT2D eigenvalue weighted by Gasteiger charge is -2.20. The Morgan fingerprint density at radius 2 is 2.04 bits per heavy atom. The fraction of sp³-hybridized carbons (Fsp3) is 0.438. The standard InChI is InChI=1S/C16H18ClN3O3/c17-9-13(21)18-10-11-4-3-5-12(8-11)20-14(22)16(19-15(20)23)6-1-2-7-16/h3-5,8H,1-2,6-7,9-10H2,(H,18,21)(H,19,23). The summed E-state index contributed by atoms with van der Waals surface area (Å²) in [5, 5.41) is 5.52. The zero-order chi connectivity index (χ0) is 16.4. The molecule has 2 fully saturated rings. The largest absolute Gasteiger partial charge is 0.351 e. The van der Waals surface area contributed by atoms with Crippen molar-refractivity contribution in [1.29, 1.82) is 0 Å². The molecule has 1 saturated carbocycles. The summed E-state index contributed by atoms with van der Waals surface area (Å²) in [5.74, 6) is -0.547. The van der Waals surface area contributed by atoms with Crippen molar-refractivity contribution in [1.82, 2.24) is 10.6 Å². The van der Waals surface area contributed by atoms with Crippen LogP contribution in [0, 0.1) is 0 Å². The van der Waals surface area contributed by atoms with Gasteiger partial charge in [-0.15, -0.1) is 11.6 Å². The van der Waals surface area contributed by atoms with Gasteiger partial charge in [0.05, 0.1) is 5.69 Å². The Labute approximate surface area is 139 Å². The minimum absolute atomic E-state index is 0.102. The topological polar surface area (TPSA) is 78.5 Å². The van der Waals surface area contributed by atoms with Gasteiger partial charge < -0.3 is 10.6 Å². The van der Waals surface area contributed by atoms with E-state index in [0.717, 1.165) is 18.4 Å². The first kappa shape index (κ1) is 15.8. The highest BCUT2D eigenvalue weighted by Crippen LogP contribution is 2.37. The van der Waals surface area contributed by atoms with Gasteiger partial charge in [0.1, 0.15) is 11.4 Å². The van der Waals surface area contributed by atoms with E-state index in [1.54, 1.807) is 18.2 Å². The third-order valence-corrected chi connectivity index (χ3v) is 4.64. The van der Waals surface area contributed by atoms with E-state index in [2.05, 4.69) is 10.6 Å². The van der Waals surface area contributed by atoms with Gasteiger partial charge in [-0.25, -0.2) is 9.69 Å². The highest BCUT2D eigenvalue weighted by atomic mass is 35.5. The molecule has 122 valence electrons. The van der Waals surface area contributed by atoms with E-state index in [1.165, 1.54) is 4.90 Å². The van der Waals surface area contributed by atoms with Crippen molar-refractivity contribution in [3.05, 3.63) is 29.8 Å². The maximum absolute atomic E-state index is 12.7. The lowest BCUT2D eigenvalue weighted by molar-refractivity contribution is -0.122. The van der Waals surface area contributed by atoms with Crippen LogP contribution in [0.25, 0.3) is 0 Å². The summed E-state index contributed by atoms with van der Waals surface area (Å²) in [5.41, 5.74) is 0.600. The molecule has 1 heterocycles. The number of rotatable bonds is 4. The number of urea groups is 1. The van der Waals surface area contributed by atoms with Crippen LogP contribution in [0.5, 0.6) is 0 Å². The number of nitrogens with zero attached hydrogens (tertiary/aromatic N) is 1. The minimum Gasteiger partial charge on any atom is -0.351 e. The van der Waals surface area contributed by atoms with Gasteiger partial charge >= 0.3 is 6.03 Å². The lowest BCUT2D eigenvalue weighted by atomic mass is 9.98. The van der Waals surface area contributed by atoms with Gasteiger partial charge in [0, 0.05) is 6.54 Å². The van der Waals surface area contributed by atoms with Crippen LogP contribution in [0.4, 0.5) is 10.5 Å². The van der Waals surface area contributed by atoms with Crippen molar-refractivity contribution < 1.29 is 14.4 Å². The van der Waals surface area contributed by atoms with Gasteiger partial charge in [-0.1, -0.05) is 25.0 Å². The smallest absolute Gasteiger partial charge is 0.329 e. The zero-order valence-corrected chi connectivity index (χ0v) is 13.4. The summed E-state index contributed by atoms with van der Waals surface area (Å²) in [6.45, 7) is 0.300. The predicted molar refractivity (Wildman–Crippen MR) is 86.2 cm³/mol. The molecule has 6 nitrogen and oxygen atoms in total. The van der Waals surface area contributed by atoms with Crippen LogP contribution in [0.3, 0.4) is 0 Å². The molecule has 1 spiro atoms. The first-order valence-electron chi connectivity index (χ1n) is 7.64. The number of benzene rings is 1. The third-order valence-electron chi connectivity index (χ3n) is 4.40. The molecule has 4 amide bonds. The molecule has 7 heteroatoms. The summed E-state index contributed by atoms with van der Waals surface area (Å²) in [6, 6.07) is 6.66. The molecular formula is C16H18ClN3O3. The van der Waals surface area contributed by atoms with Crippen LogP contribution < -0.4 is 15.5 Å². The van der Waals surface area contributed by atoms with Gasteiger partial charge in [0.15, 0.2) is 0 Å². The van der Waals surface area contributed by atoms with Crippen molar-refractivity contribution in [2.75, 3.05) is 10.8 Å². The van der Waals surface area contributed by atoms with Crippen LogP contribution in [0.1, 0.15) is 31.2 Å². The summed E-state index contributed by atoms with van der Waals surface area (Å²) >= 11 is 5.44. The second-order valence-corrected chi connectivity index (χ2v) is 6.21. The SMILES string of the molecule is O=C(CCl)NCc1cccc(N2C(=O)NC3(CCCC3)C2=O)c1. The van der Waals surface area contributed by atoms with Crippen LogP contribution in [0.15, 0.2) is 24.3 Å². The number of hydrogen-bond acceptors (Lipinski definition) is 3. The number of alkyl halides is 1. The number of halogens is 1. The van der Waals surface area contributed by atoms with Crippen LogP contribution in [-0.4, -0.2) is 29.3 Å². The van der Waals surface area contributed by atoms with Crippen molar-refractivity contribution >= 4 is 35.1 Å². The van der Waals surface area contributed by atoms with Crippen molar-refractivity contribution in [3.63, 3.8) is 0 Å². The molecule has 1 aromatic carbocycles. The summed E-state index contributed by atoms with van der Waals surface area (Å²) in [4.78, 5) is 37.4. The molecule has 23 heavy (non-hydrogen) atoms. The Morgan fingerprint density at radius 3 is 2.74 bits per heavy atom. The van der Waals surface area contributed by atoms with E-state index in [4.69, 9.17) is 11.6 Å². The Balaban J connectivity index is 1.80. The van der Waals surface area contributed by atoms with Gasteiger partial charge in [-0.2, -0.15) is 0 Å². The molecule has 2 aliphatic rings. The zero-order valence-electron chi connectivity index (χ0n) is 12.6. The summed E-state index contributed by atoms with van der Waals surface area (Å²) in [6.07, 6.45) is 3.29. The molecule has 1 aromatic rings. The fourth-order valence-electron chi connectivity index (χ4n) is 3.23. The monoisotopic (exact) mass is 335 g/mol. The number of carbonyl (C=O) groups is 3. The Bertz CT molecular complexity index is 656. The molecule has 1 aliphatic heterocycles. The van der Waals surface area contributed by atoms with Gasteiger partial charge in [0.2, 0.25) is 5.91 Å². The van der Waals surface area contributed by atoms with Crippen LogP contribution in [0.2, 0.25) is 0 Å². The highest BCUT2D eigenvalue weighted by Gasteiger charge is 2.52. The first-order chi connectivity index (χ1) is 11.1. The van der Waals surface area contributed by atoms with Crippen molar-refractivity contribution in [2.24, 2.45) is 0 Å². The molecule has 2 N–H and O–H groups in total. The van der Waals surface area contributed by atoms with Gasteiger partial charge in [-0.3, -0.25) is 9.59 Å². The quantitative estimate of drug-likeness (QED) is 0.651. The van der Waals surface area contributed by atoms with Crippen LogP contribution in [-0.2, 0) is 16.1 Å². The summed E-state index contributed by atoms with van der Waals surface area (Å²) in [7, 11) is 0. The van der Waals surface area contributed by atoms with E-state index < -0.39 is 5.54 Å². The van der Waals surface area contributed by atoms with E-state index in [0.29, 0.717) is 25.1 Å². The van der Waals surface area contributed by atoms with Gasteiger partial charge in [0.25, 0.3) is 5.91 Å². The van der Waals surface area contributed by atoms with Crippen molar-refractivity contribution in [2.45, 2.75) is 37.8 Å². The maximum atomic E-state index is 12.7. The number of nitrogens with one attached hydrogen (secondary N) is 2. The second kappa shape index (κ2) is 6.20. The number of anilines is 1. The number of amides is 4. The number of hydrogen-bond donors (Lipinski definition) is 2. The highest BCUT2D eigenvalue weighted by molar-refractivity contribution is 6.27. The molecule has 0 radical (unpaired) electrons. The van der Waals surface area contributed by atoms with Crippen LogP contribution >= 0.6 is 11.6 Å². The molecule has 3 rings (SSSR count). The molecular weight excluding hydrogens is 318 g/mol. The van der Waals surface area contributed by atoms with E-state index in [-0.39, 0.29) is 23.7 Å². The van der Waals surface area contributed by atoms with E-state index >= 15 is 0 Å². The first-order valence-corrected chi connectivity index (χ1v) is 8.17. The second-order valence-electron chi connectivity index (χ2n) is 5.94. The molecule has 0 unspecified atom stereocenters. The molecule has 1 aliphatic carbocycles. The predicted octanol–water partition coefficient (Wildman–Crippen LogP) is 1.91. The fourth-order valence-corrected chi connectivity index (χ4v) is 3.32. The Hall–Kier alpha value is -2.08. The summed E-state index contributed by atoms with van der Waals surface area (Å²) < 4.78 is 0. The van der Waals surface area contributed by atoms with E-state index in [9.17, 15) is 14.4 Å². The number of imide groups is 1. The Morgan fingerprint density at radius 1 is 1.30 bits per heavy atom. The Kier molecular flexibility index (Phi) is 4.26. The molecule has 0 aromatic heterocycles. The average molecular weight is 336 g/mol. The van der Waals surface area contributed by atoms with Gasteiger partial charge in [-0.05, 0) is 30.5 Å². The minimum atomic E-state index is -0.722. The average Bonchev–Trinajstić information content (AvgIpc) is 3.11. The molecule has 1 saturated heterocycles. The molecule has 0 bridgehead atoms. The number of carbonyl (C=O) groups excluding carboxylic acids is 3. The normalized spacial score (nSPS) is 19.3. The lowest BCUT2D eigenvalue weighted by Crippen LogP contribution is -2.44. The third kappa shape index (κ3) is 2.91. The molecule has 0 atom stereocenters. The maximum Gasteiger partial charge on any atom is 0.329 e. The van der Waals surface area contributed by atoms with E-state index in [1.807, 2.05) is 6.07 Å². The van der Waals surface area contributed by atoms with Crippen molar-refractivity contribution in [3.8, 4) is 0 Å².